The lowest BCUT2D eigenvalue weighted by Gasteiger charge is -2.28. The molecule has 0 aliphatic heterocycles. The molecule has 0 bridgehead atoms. The molecule has 0 atom stereocenters. The fraction of sp³-hybridized carbons (Fsp3) is 0.333. The normalized spacial score (nSPS) is 11.5. The Labute approximate surface area is 269 Å². The van der Waals surface area contributed by atoms with E-state index in [1.54, 1.807) is 0 Å². The Morgan fingerprint density at radius 2 is 0.689 bits per heavy atom. The first-order valence-electron chi connectivity index (χ1n) is 15.9. The summed E-state index contributed by atoms with van der Waals surface area (Å²) in [6, 6.07) is 27.5. The zero-order valence-electron chi connectivity index (χ0n) is 27.9. The Balaban J connectivity index is 1.47. The number of benzene rings is 1. The molecule has 0 aliphatic carbocycles. The van der Waals surface area contributed by atoms with Crippen LogP contribution in [-0.4, -0.2) is 29.7 Å². The van der Waals surface area contributed by atoms with Gasteiger partial charge in [-0.3, -0.25) is 29.7 Å². The first-order valence-corrected chi connectivity index (χ1v) is 15.9. The van der Waals surface area contributed by atoms with Crippen molar-refractivity contribution in [3.05, 3.63) is 152 Å². The van der Waals surface area contributed by atoms with Crippen LogP contribution in [0.25, 0.3) is 0 Å². The SMILES string of the molecule is Cc1cccc(CN(Cc2cccc(C)n2)Cc2c(C)cc(C)c(CN(Cc3cccc(C)n3)Cc3cccc(C)n3)c2C)n1. The van der Waals surface area contributed by atoms with Crippen molar-refractivity contribution < 1.29 is 0 Å². The molecule has 0 aliphatic rings. The highest BCUT2D eigenvalue weighted by atomic mass is 15.1. The molecule has 5 aromatic rings. The van der Waals surface area contributed by atoms with Gasteiger partial charge in [0.2, 0.25) is 0 Å². The van der Waals surface area contributed by atoms with E-state index >= 15 is 0 Å². The van der Waals surface area contributed by atoms with Crippen molar-refractivity contribution in [2.45, 2.75) is 87.7 Å². The molecule has 0 spiro atoms. The van der Waals surface area contributed by atoms with Crippen LogP contribution in [-0.2, 0) is 39.3 Å². The number of aromatic nitrogens is 4. The van der Waals surface area contributed by atoms with Crippen molar-refractivity contribution in [2.24, 2.45) is 0 Å². The smallest absolute Gasteiger partial charge is 0.0547 e. The molecule has 0 radical (unpaired) electrons. The van der Waals surface area contributed by atoms with Gasteiger partial charge in [0, 0.05) is 62.0 Å². The highest BCUT2D eigenvalue weighted by molar-refractivity contribution is 5.45. The molecular weight excluding hydrogens is 552 g/mol. The largest absolute Gasteiger partial charge is 0.287 e. The molecule has 6 heteroatoms. The van der Waals surface area contributed by atoms with Crippen molar-refractivity contribution in [1.29, 1.82) is 0 Å². The molecule has 1 aromatic carbocycles. The van der Waals surface area contributed by atoms with Gasteiger partial charge in [-0.05, 0) is 125 Å². The van der Waals surface area contributed by atoms with Gasteiger partial charge in [0.15, 0.2) is 0 Å². The van der Waals surface area contributed by atoms with Gasteiger partial charge in [-0.25, -0.2) is 0 Å². The van der Waals surface area contributed by atoms with Crippen LogP contribution >= 0.6 is 0 Å². The molecule has 0 unspecified atom stereocenters. The molecule has 0 saturated heterocycles. The number of aryl methyl sites for hydroxylation is 6. The maximum absolute atomic E-state index is 4.84. The zero-order chi connectivity index (χ0) is 31.9. The lowest BCUT2D eigenvalue weighted by molar-refractivity contribution is 0.236. The summed E-state index contributed by atoms with van der Waals surface area (Å²) in [5, 5.41) is 0. The van der Waals surface area contributed by atoms with Crippen LogP contribution in [0, 0.1) is 48.5 Å². The third kappa shape index (κ3) is 8.90. The van der Waals surface area contributed by atoms with E-state index in [0.717, 1.165) is 84.8 Å². The van der Waals surface area contributed by atoms with Crippen molar-refractivity contribution in [1.82, 2.24) is 29.7 Å². The van der Waals surface area contributed by atoms with Crippen LogP contribution in [0.2, 0.25) is 0 Å². The van der Waals surface area contributed by atoms with Crippen LogP contribution in [0.4, 0.5) is 0 Å². The van der Waals surface area contributed by atoms with Gasteiger partial charge >= 0.3 is 0 Å². The van der Waals surface area contributed by atoms with E-state index in [-0.39, 0.29) is 0 Å². The van der Waals surface area contributed by atoms with Gasteiger partial charge in [-0.15, -0.1) is 0 Å². The Bertz CT molecular complexity index is 1540. The minimum atomic E-state index is 0.754. The van der Waals surface area contributed by atoms with Gasteiger partial charge < -0.3 is 0 Å². The fourth-order valence-electron chi connectivity index (χ4n) is 6.21. The predicted octanol–water partition coefficient (Wildman–Crippen LogP) is 7.83. The van der Waals surface area contributed by atoms with Gasteiger partial charge in [0.25, 0.3) is 0 Å². The summed E-state index contributed by atoms with van der Waals surface area (Å²) >= 11 is 0. The van der Waals surface area contributed by atoms with Crippen molar-refractivity contribution >= 4 is 0 Å². The lowest BCUT2D eigenvalue weighted by atomic mass is 9.92. The molecule has 0 fully saturated rings. The summed E-state index contributed by atoms with van der Waals surface area (Å²) in [6.07, 6.45) is 0. The Morgan fingerprint density at radius 1 is 0.400 bits per heavy atom. The zero-order valence-corrected chi connectivity index (χ0v) is 27.9. The standard InChI is InChI=1S/C39H46N6/c1-27-20-28(2)39(26-45(23-36-18-10-14-31(5)42-36)24-37-19-11-15-32(6)43-37)33(7)38(27)25-44(21-34-16-8-12-29(3)40-34)22-35-17-9-13-30(4)41-35/h8-20H,21-26H2,1-7H3. The van der Waals surface area contributed by atoms with Crippen molar-refractivity contribution in [3.8, 4) is 0 Å². The topological polar surface area (TPSA) is 58.0 Å². The highest BCUT2D eigenvalue weighted by Gasteiger charge is 2.19. The first-order chi connectivity index (χ1) is 21.6. The van der Waals surface area contributed by atoms with Crippen LogP contribution < -0.4 is 0 Å². The van der Waals surface area contributed by atoms with E-state index in [1.807, 2.05) is 0 Å². The van der Waals surface area contributed by atoms with E-state index in [9.17, 15) is 0 Å². The summed E-state index contributed by atoms with van der Waals surface area (Å²) in [6.45, 7) is 19.7. The molecule has 232 valence electrons. The Morgan fingerprint density at radius 3 is 0.956 bits per heavy atom. The Kier molecular flexibility index (Phi) is 10.5. The van der Waals surface area contributed by atoms with E-state index in [2.05, 4.69) is 137 Å². The second-order valence-corrected chi connectivity index (χ2v) is 12.5. The van der Waals surface area contributed by atoms with E-state index < -0.39 is 0 Å². The average Bonchev–Trinajstić information content (AvgIpc) is 2.97. The van der Waals surface area contributed by atoms with Crippen LogP contribution in [0.1, 0.15) is 73.4 Å². The number of nitrogens with zero attached hydrogens (tertiary/aromatic N) is 6. The molecular formula is C39H46N6. The Hall–Kier alpha value is -4.26. The summed E-state index contributed by atoms with van der Waals surface area (Å²) in [5.74, 6) is 0. The van der Waals surface area contributed by atoms with Crippen molar-refractivity contribution in [2.75, 3.05) is 0 Å². The van der Waals surface area contributed by atoms with Crippen LogP contribution in [0.5, 0.6) is 0 Å². The molecule has 0 saturated carbocycles. The third-order valence-corrected chi connectivity index (χ3v) is 8.38. The summed E-state index contributed by atoms with van der Waals surface area (Å²) in [4.78, 5) is 24.3. The predicted molar refractivity (Wildman–Crippen MR) is 182 cm³/mol. The summed E-state index contributed by atoms with van der Waals surface area (Å²) in [7, 11) is 0. The molecule has 4 heterocycles. The molecule has 0 amide bonds. The number of hydrogen-bond acceptors (Lipinski definition) is 6. The first kappa shape index (κ1) is 32.1. The van der Waals surface area contributed by atoms with Crippen LogP contribution in [0.15, 0.2) is 78.9 Å². The van der Waals surface area contributed by atoms with Gasteiger partial charge in [-0.1, -0.05) is 30.3 Å². The molecule has 5 rings (SSSR count). The van der Waals surface area contributed by atoms with E-state index in [4.69, 9.17) is 19.9 Å². The quantitative estimate of drug-likeness (QED) is 0.146. The van der Waals surface area contributed by atoms with Gasteiger partial charge in [0.05, 0.1) is 22.8 Å². The monoisotopic (exact) mass is 598 g/mol. The number of rotatable bonds is 12. The minimum absolute atomic E-state index is 0.754. The molecule has 0 N–H and O–H groups in total. The summed E-state index contributed by atoms with van der Waals surface area (Å²) < 4.78 is 0. The summed E-state index contributed by atoms with van der Waals surface area (Å²) in [5.41, 5.74) is 15.2. The number of pyridine rings is 4. The second-order valence-electron chi connectivity index (χ2n) is 12.5. The van der Waals surface area contributed by atoms with E-state index in [0.29, 0.717) is 0 Å². The molecule has 4 aromatic heterocycles. The minimum Gasteiger partial charge on any atom is -0.287 e. The van der Waals surface area contributed by atoms with E-state index in [1.165, 1.54) is 27.8 Å². The maximum atomic E-state index is 4.84. The maximum Gasteiger partial charge on any atom is 0.0547 e. The van der Waals surface area contributed by atoms with Crippen molar-refractivity contribution in [3.63, 3.8) is 0 Å². The average molecular weight is 599 g/mol. The number of hydrogen-bond donors (Lipinski definition) is 0. The molecule has 6 nitrogen and oxygen atoms in total. The van der Waals surface area contributed by atoms with Gasteiger partial charge in [0.1, 0.15) is 0 Å². The highest BCUT2D eigenvalue weighted by Crippen LogP contribution is 2.27. The van der Waals surface area contributed by atoms with Crippen LogP contribution in [0.3, 0.4) is 0 Å². The van der Waals surface area contributed by atoms with Gasteiger partial charge in [-0.2, -0.15) is 0 Å². The fourth-order valence-corrected chi connectivity index (χ4v) is 6.21. The second kappa shape index (κ2) is 14.7. The molecule has 45 heavy (non-hydrogen) atoms. The third-order valence-electron chi connectivity index (χ3n) is 8.38. The lowest BCUT2D eigenvalue weighted by Crippen LogP contribution is -2.27.